The summed E-state index contributed by atoms with van der Waals surface area (Å²) in [6.07, 6.45) is 1.40. The van der Waals surface area contributed by atoms with E-state index in [0.717, 1.165) is 42.8 Å². The Hall–Kier alpha value is -1.59. The maximum absolute atomic E-state index is 11.5. The van der Waals surface area contributed by atoms with Gasteiger partial charge >= 0.3 is 0 Å². The number of benzene rings is 1. The Morgan fingerprint density at radius 1 is 1.28 bits per heavy atom. The fourth-order valence-electron chi connectivity index (χ4n) is 3.42. The van der Waals surface area contributed by atoms with Crippen LogP contribution in [-0.2, 0) is 4.79 Å². The molecule has 25 heavy (non-hydrogen) atoms. The monoisotopic (exact) mass is 348 g/mol. The maximum Gasteiger partial charge on any atom is 0.219 e. The number of rotatable bonds is 6. The summed E-state index contributed by atoms with van der Waals surface area (Å²) >= 11 is 0. The molecule has 1 atom stereocenters. The van der Waals surface area contributed by atoms with Crippen LogP contribution < -0.4 is 4.74 Å². The molecule has 1 aliphatic heterocycles. The van der Waals surface area contributed by atoms with Crippen molar-refractivity contribution in [3.8, 4) is 5.75 Å². The van der Waals surface area contributed by atoms with Gasteiger partial charge in [-0.2, -0.15) is 0 Å². The fourth-order valence-corrected chi connectivity index (χ4v) is 3.42. The molecule has 0 bridgehead atoms. The zero-order chi connectivity index (χ0) is 18.6. The van der Waals surface area contributed by atoms with Crippen LogP contribution in [-0.4, -0.2) is 66.2 Å². The van der Waals surface area contributed by atoms with E-state index in [2.05, 4.69) is 30.9 Å². The standard InChI is InChI=1S/C20H32N2O3/c1-14-6-7-15(2)20(16(14)3)25-13-19(24)12-22-10-8-18(9-11-22)21(5)17(4)23/h6-7,18-19,24H,8-13H2,1-5H3. The third-order valence-corrected chi connectivity index (χ3v) is 5.36. The lowest BCUT2D eigenvalue weighted by atomic mass is 10.0. The van der Waals surface area contributed by atoms with E-state index in [1.54, 1.807) is 6.92 Å². The van der Waals surface area contributed by atoms with Crippen molar-refractivity contribution in [1.29, 1.82) is 0 Å². The van der Waals surface area contributed by atoms with Crippen molar-refractivity contribution < 1.29 is 14.6 Å². The molecule has 1 aliphatic rings. The Balaban J connectivity index is 1.79. The van der Waals surface area contributed by atoms with Gasteiger partial charge in [0.25, 0.3) is 0 Å². The lowest BCUT2D eigenvalue weighted by molar-refractivity contribution is -0.130. The van der Waals surface area contributed by atoms with Crippen LogP contribution in [0.2, 0.25) is 0 Å². The molecule has 0 radical (unpaired) electrons. The van der Waals surface area contributed by atoms with Crippen LogP contribution in [0.3, 0.4) is 0 Å². The molecule has 5 heteroatoms. The number of amides is 1. The van der Waals surface area contributed by atoms with Gasteiger partial charge in [0.05, 0.1) is 0 Å². The van der Waals surface area contributed by atoms with Crippen molar-refractivity contribution >= 4 is 5.91 Å². The number of piperidine rings is 1. The number of aliphatic hydroxyl groups excluding tert-OH is 1. The van der Waals surface area contributed by atoms with E-state index in [1.807, 2.05) is 18.9 Å². The molecule has 1 N–H and O–H groups in total. The molecule has 5 nitrogen and oxygen atoms in total. The zero-order valence-corrected chi connectivity index (χ0v) is 16.2. The second-order valence-corrected chi connectivity index (χ2v) is 7.28. The van der Waals surface area contributed by atoms with Crippen LogP contribution in [0.25, 0.3) is 0 Å². The van der Waals surface area contributed by atoms with E-state index in [1.165, 1.54) is 5.56 Å². The summed E-state index contributed by atoms with van der Waals surface area (Å²) in [4.78, 5) is 15.5. The van der Waals surface area contributed by atoms with E-state index in [4.69, 9.17) is 4.74 Å². The highest BCUT2D eigenvalue weighted by Gasteiger charge is 2.25. The van der Waals surface area contributed by atoms with E-state index < -0.39 is 6.10 Å². The quantitative estimate of drug-likeness (QED) is 0.857. The van der Waals surface area contributed by atoms with Gasteiger partial charge in [-0.1, -0.05) is 12.1 Å². The summed E-state index contributed by atoms with van der Waals surface area (Å²) in [7, 11) is 1.87. The normalized spacial score (nSPS) is 17.4. The largest absolute Gasteiger partial charge is 0.490 e. The molecule has 1 saturated heterocycles. The first kappa shape index (κ1) is 19.7. The van der Waals surface area contributed by atoms with Crippen molar-refractivity contribution in [2.75, 3.05) is 33.3 Å². The number of likely N-dealkylation sites (tertiary alicyclic amines) is 1. The van der Waals surface area contributed by atoms with Gasteiger partial charge in [0.15, 0.2) is 0 Å². The average Bonchev–Trinajstić information content (AvgIpc) is 2.58. The van der Waals surface area contributed by atoms with Crippen molar-refractivity contribution in [3.05, 3.63) is 28.8 Å². The number of nitrogens with zero attached hydrogens (tertiary/aromatic N) is 2. The number of aliphatic hydroxyl groups is 1. The zero-order valence-electron chi connectivity index (χ0n) is 16.2. The molecule has 1 heterocycles. The lowest BCUT2D eigenvalue weighted by Crippen LogP contribution is -2.47. The van der Waals surface area contributed by atoms with Crippen LogP contribution >= 0.6 is 0 Å². The maximum atomic E-state index is 11.5. The van der Waals surface area contributed by atoms with Gasteiger partial charge in [-0.15, -0.1) is 0 Å². The summed E-state index contributed by atoms with van der Waals surface area (Å²) in [5.74, 6) is 1.01. The Morgan fingerprint density at radius 3 is 2.48 bits per heavy atom. The predicted molar refractivity (Wildman–Crippen MR) is 100 cm³/mol. The molecule has 0 aromatic heterocycles. The van der Waals surface area contributed by atoms with Crippen molar-refractivity contribution in [2.45, 2.75) is 52.7 Å². The van der Waals surface area contributed by atoms with E-state index in [-0.39, 0.29) is 5.91 Å². The first-order valence-corrected chi connectivity index (χ1v) is 9.13. The van der Waals surface area contributed by atoms with Gasteiger partial charge in [-0.3, -0.25) is 4.79 Å². The van der Waals surface area contributed by atoms with E-state index >= 15 is 0 Å². The Bertz CT molecular complexity index is 595. The van der Waals surface area contributed by atoms with Gasteiger partial charge < -0.3 is 19.6 Å². The highest BCUT2D eigenvalue weighted by Crippen LogP contribution is 2.26. The highest BCUT2D eigenvalue weighted by molar-refractivity contribution is 5.73. The average molecular weight is 348 g/mol. The number of aryl methyl sites for hydroxylation is 2. The minimum Gasteiger partial charge on any atom is -0.490 e. The minimum atomic E-state index is -0.513. The fraction of sp³-hybridized carbons (Fsp3) is 0.650. The predicted octanol–water partition coefficient (Wildman–Crippen LogP) is 2.29. The van der Waals surface area contributed by atoms with E-state index in [9.17, 15) is 9.90 Å². The van der Waals surface area contributed by atoms with Gasteiger partial charge in [0.2, 0.25) is 5.91 Å². The number of β-amino-alcohol motifs (C(OH)–C–C–N with tert-alkyl or cyclic N) is 1. The molecule has 1 amide bonds. The topological polar surface area (TPSA) is 53.0 Å². The van der Waals surface area contributed by atoms with Crippen molar-refractivity contribution in [3.63, 3.8) is 0 Å². The van der Waals surface area contributed by atoms with Crippen LogP contribution in [0, 0.1) is 20.8 Å². The first-order chi connectivity index (χ1) is 11.8. The van der Waals surface area contributed by atoms with Gasteiger partial charge in [0, 0.05) is 39.6 Å². The lowest BCUT2D eigenvalue weighted by Gasteiger charge is -2.37. The number of ether oxygens (including phenoxy) is 1. The Morgan fingerprint density at radius 2 is 1.88 bits per heavy atom. The number of hydrogen-bond acceptors (Lipinski definition) is 4. The molecule has 2 rings (SSSR count). The van der Waals surface area contributed by atoms with Crippen molar-refractivity contribution in [1.82, 2.24) is 9.80 Å². The second-order valence-electron chi connectivity index (χ2n) is 7.28. The molecule has 1 unspecified atom stereocenters. The van der Waals surface area contributed by atoms with Crippen molar-refractivity contribution in [2.24, 2.45) is 0 Å². The third kappa shape index (κ3) is 5.19. The molecular formula is C20H32N2O3. The Labute approximate surface area is 151 Å². The summed E-state index contributed by atoms with van der Waals surface area (Å²) in [5, 5.41) is 10.3. The Kier molecular flexibility index (Phi) is 6.85. The summed E-state index contributed by atoms with van der Waals surface area (Å²) in [5.41, 5.74) is 3.44. The van der Waals surface area contributed by atoms with E-state index in [0.29, 0.717) is 19.2 Å². The van der Waals surface area contributed by atoms with Crippen LogP contribution in [0.4, 0.5) is 0 Å². The number of carbonyl (C=O) groups is 1. The van der Waals surface area contributed by atoms with Crippen LogP contribution in [0.1, 0.15) is 36.5 Å². The second kappa shape index (κ2) is 8.68. The molecule has 1 aromatic carbocycles. The minimum absolute atomic E-state index is 0.121. The van der Waals surface area contributed by atoms with Crippen LogP contribution in [0.5, 0.6) is 5.75 Å². The van der Waals surface area contributed by atoms with Crippen LogP contribution in [0.15, 0.2) is 12.1 Å². The summed E-state index contributed by atoms with van der Waals surface area (Å²) in [6.45, 7) is 10.5. The highest BCUT2D eigenvalue weighted by atomic mass is 16.5. The molecule has 0 aliphatic carbocycles. The molecule has 140 valence electrons. The van der Waals surface area contributed by atoms with Gasteiger partial charge in [0.1, 0.15) is 18.5 Å². The molecule has 1 fully saturated rings. The first-order valence-electron chi connectivity index (χ1n) is 9.13. The molecule has 0 saturated carbocycles. The van der Waals surface area contributed by atoms with Gasteiger partial charge in [-0.25, -0.2) is 0 Å². The number of hydrogen-bond donors (Lipinski definition) is 1. The SMILES string of the molecule is CC(=O)N(C)C1CCN(CC(O)COc2c(C)ccc(C)c2C)CC1. The summed E-state index contributed by atoms with van der Waals surface area (Å²) < 4.78 is 5.91. The van der Waals surface area contributed by atoms with Gasteiger partial charge in [-0.05, 0) is 50.3 Å². The molecular weight excluding hydrogens is 316 g/mol. The smallest absolute Gasteiger partial charge is 0.219 e. The molecule has 0 spiro atoms. The molecule has 1 aromatic rings. The third-order valence-electron chi connectivity index (χ3n) is 5.36. The summed E-state index contributed by atoms with van der Waals surface area (Å²) in [6, 6.07) is 4.47. The number of carbonyl (C=O) groups excluding carboxylic acids is 1.